The Morgan fingerprint density at radius 2 is 1.68 bits per heavy atom. The summed E-state index contributed by atoms with van der Waals surface area (Å²) >= 11 is 0. The Balaban J connectivity index is 0.000000850. The van der Waals surface area contributed by atoms with Crippen LogP contribution in [-0.2, 0) is 17.6 Å². The monoisotopic (exact) mass is 568 g/mol. The topological polar surface area (TPSA) is 98.6 Å². The van der Waals surface area contributed by atoms with Gasteiger partial charge in [-0.15, -0.1) is 0 Å². The number of hydrogen-bond acceptors (Lipinski definition) is 6. The molecule has 0 amide bonds. The Kier molecular flexibility index (Phi) is 10.4. The summed E-state index contributed by atoms with van der Waals surface area (Å²) in [6.07, 6.45) is 5.68. The number of anilines is 2. The molecular weight excluding hydrogens is 526 g/mol. The Morgan fingerprint density at radius 3 is 2.24 bits per heavy atom. The zero-order chi connectivity index (χ0) is 30.4. The normalized spacial score (nSPS) is 14.7. The molecule has 0 aliphatic carbocycles. The van der Waals surface area contributed by atoms with Crippen molar-refractivity contribution >= 4 is 17.5 Å². The van der Waals surface area contributed by atoms with Gasteiger partial charge in [0, 0.05) is 54.4 Å². The van der Waals surface area contributed by atoms with Crippen molar-refractivity contribution in [2.24, 2.45) is 5.41 Å². The van der Waals surface area contributed by atoms with Gasteiger partial charge in [-0.25, -0.2) is 13.8 Å². The lowest BCUT2D eigenvalue weighted by Crippen LogP contribution is -2.38. The van der Waals surface area contributed by atoms with Crippen LogP contribution in [0.4, 0.5) is 20.3 Å². The van der Waals surface area contributed by atoms with E-state index in [0.717, 1.165) is 37.2 Å². The predicted molar refractivity (Wildman–Crippen MR) is 159 cm³/mol. The van der Waals surface area contributed by atoms with Crippen molar-refractivity contribution in [2.45, 2.75) is 72.8 Å². The number of nitrogens with zero attached hydrogens (tertiary/aromatic N) is 3. The van der Waals surface area contributed by atoms with E-state index in [0.29, 0.717) is 35.3 Å². The maximum atomic E-state index is 15.1. The van der Waals surface area contributed by atoms with Crippen LogP contribution < -0.4 is 10.2 Å². The molecule has 0 atom stereocenters. The van der Waals surface area contributed by atoms with E-state index in [1.165, 1.54) is 18.2 Å². The molecule has 1 fully saturated rings. The third-order valence-electron chi connectivity index (χ3n) is 6.90. The molecule has 0 spiro atoms. The molecule has 2 aromatic heterocycles. The summed E-state index contributed by atoms with van der Waals surface area (Å²) in [4.78, 5) is 22.7. The van der Waals surface area contributed by atoms with Crippen LogP contribution in [0.25, 0.3) is 11.1 Å². The van der Waals surface area contributed by atoms with Gasteiger partial charge in [0.1, 0.15) is 5.82 Å². The molecule has 3 aromatic rings. The molecule has 0 unspecified atom stereocenters. The molecule has 222 valence electrons. The fourth-order valence-electron chi connectivity index (χ4n) is 4.60. The molecule has 41 heavy (non-hydrogen) atoms. The second kappa shape index (κ2) is 13.4. The fourth-order valence-corrected chi connectivity index (χ4v) is 4.60. The second-order valence-electron chi connectivity index (χ2n) is 12.3. The van der Waals surface area contributed by atoms with E-state index in [4.69, 9.17) is 5.11 Å². The average Bonchev–Trinajstić information content (AvgIpc) is 2.86. The number of aliphatic carboxylic acids is 1. The maximum Gasteiger partial charge on any atom is 0.307 e. The first-order valence-electron chi connectivity index (χ1n) is 13.9. The molecule has 9 heteroatoms. The number of nitrogens with one attached hydrogen (secondary N) is 1. The number of rotatable bonds is 8. The summed E-state index contributed by atoms with van der Waals surface area (Å²) < 4.78 is 28.2. The van der Waals surface area contributed by atoms with Crippen molar-refractivity contribution in [1.82, 2.24) is 9.97 Å². The van der Waals surface area contributed by atoms with Gasteiger partial charge in [0.2, 0.25) is 0 Å². The number of carbonyl (C=O) groups is 1. The van der Waals surface area contributed by atoms with Gasteiger partial charge in [-0.1, -0.05) is 26.0 Å². The SMILES string of the molecule is CC(C)(C)O.Cc1ncc(-c2cnc(NCCc3ccc(F)cc3)c(F)c2)c(N2CCC(C)(C)CC2)c1CC(=O)O. The van der Waals surface area contributed by atoms with Gasteiger partial charge >= 0.3 is 5.97 Å². The molecule has 1 aromatic carbocycles. The van der Waals surface area contributed by atoms with Crippen molar-refractivity contribution in [3.63, 3.8) is 0 Å². The van der Waals surface area contributed by atoms with Crippen LogP contribution in [0.2, 0.25) is 0 Å². The van der Waals surface area contributed by atoms with Gasteiger partial charge in [-0.3, -0.25) is 9.78 Å². The van der Waals surface area contributed by atoms with Gasteiger partial charge in [0.05, 0.1) is 17.7 Å². The number of hydrogen-bond donors (Lipinski definition) is 3. The summed E-state index contributed by atoms with van der Waals surface area (Å²) in [5.74, 6) is -1.59. The average molecular weight is 569 g/mol. The lowest BCUT2D eigenvalue weighted by atomic mass is 9.82. The Labute approximate surface area is 241 Å². The first-order valence-corrected chi connectivity index (χ1v) is 13.9. The summed E-state index contributed by atoms with van der Waals surface area (Å²) in [5.41, 5.74) is 4.01. The van der Waals surface area contributed by atoms with Gasteiger partial charge in [-0.05, 0) is 76.1 Å². The van der Waals surface area contributed by atoms with Gasteiger partial charge in [0.15, 0.2) is 11.6 Å². The Bertz CT molecular complexity index is 1320. The maximum absolute atomic E-state index is 15.1. The van der Waals surface area contributed by atoms with Gasteiger partial charge in [0.25, 0.3) is 0 Å². The van der Waals surface area contributed by atoms with E-state index in [9.17, 15) is 14.3 Å². The van der Waals surface area contributed by atoms with Gasteiger partial charge < -0.3 is 20.4 Å². The molecular formula is C32H42F2N4O3. The fraction of sp³-hybridized carbons (Fsp3) is 0.469. The summed E-state index contributed by atoms with van der Waals surface area (Å²) in [7, 11) is 0. The number of aromatic nitrogens is 2. The van der Waals surface area contributed by atoms with Crippen LogP contribution in [0.5, 0.6) is 0 Å². The third-order valence-corrected chi connectivity index (χ3v) is 6.90. The molecule has 0 saturated carbocycles. The van der Waals surface area contributed by atoms with Crippen molar-refractivity contribution in [3.8, 4) is 11.1 Å². The van der Waals surface area contributed by atoms with Crippen molar-refractivity contribution < 1.29 is 23.8 Å². The highest BCUT2D eigenvalue weighted by atomic mass is 19.1. The quantitative estimate of drug-likeness (QED) is 0.289. The van der Waals surface area contributed by atoms with E-state index in [2.05, 4.69) is 34.0 Å². The first-order chi connectivity index (χ1) is 19.1. The second-order valence-corrected chi connectivity index (χ2v) is 12.3. The molecule has 3 N–H and O–H groups in total. The Morgan fingerprint density at radius 1 is 1.07 bits per heavy atom. The van der Waals surface area contributed by atoms with Gasteiger partial charge in [-0.2, -0.15) is 0 Å². The van der Waals surface area contributed by atoms with Crippen LogP contribution in [-0.4, -0.2) is 51.4 Å². The lowest BCUT2D eigenvalue weighted by molar-refractivity contribution is -0.136. The number of benzene rings is 1. The number of aryl methyl sites for hydroxylation is 1. The van der Waals surface area contributed by atoms with E-state index in [1.807, 2.05) is 6.92 Å². The molecule has 1 saturated heterocycles. The minimum Gasteiger partial charge on any atom is -0.481 e. The smallest absolute Gasteiger partial charge is 0.307 e. The zero-order valence-electron chi connectivity index (χ0n) is 24.9. The molecule has 0 radical (unpaired) electrons. The zero-order valence-corrected chi connectivity index (χ0v) is 24.9. The highest BCUT2D eigenvalue weighted by molar-refractivity contribution is 5.84. The number of pyridine rings is 2. The van der Waals surface area contributed by atoms with Crippen LogP contribution in [0.3, 0.4) is 0 Å². The van der Waals surface area contributed by atoms with Crippen molar-refractivity contribution in [2.75, 3.05) is 29.9 Å². The van der Waals surface area contributed by atoms with Crippen LogP contribution in [0, 0.1) is 24.0 Å². The standard InChI is InChI=1S/C28H32F2N4O2.C4H10O/c1-18-22(15-25(35)36)26(34-12-9-28(2,3)10-13-34)23(17-32-18)20-14-24(30)27(33-16-20)31-11-8-19-4-6-21(29)7-5-19;1-4(2,3)5/h4-7,14,16-17H,8-13,15H2,1-3H3,(H,31,33)(H,35,36);5H,1-3H3. The third kappa shape index (κ3) is 9.78. The van der Waals surface area contributed by atoms with Crippen molar-refractivity contribution in [1.29, 1.82) is 0 Å². The number of halogens is 2. The van der Waals surface area contributed by atoms with E-state index >= 15 is 4.39 Å². The highest BCUT2D eigenvalue weighted by Crippen LogP contribution is 2.40. The van der Waals surface area contributed by atoms with E-state index in [1.54, 1.807) is 45.3 Å². The molecule has 1 aliphatic heterocycles. The molecule has 1 aliphatic rings. The number of carboxylic acid groups (broad SMARTS) is 1. The minimum absolute atomic E-state index is 0.132. The van der Waals surface area contributed by atoms with Crippen LogP contribution >= 0.6 is 0 Å². The summed E-state index contributed by atoms with van der Waals surface area (Å²) in [5, 5.41) is 21.1. The van der Waals surface area contributed by atoms with Crippen LogP contribution in [0.1, 0.15) is 64.3 Å². The molecule has 0 bridgehead atoms. The first kappa shape index (κ1) is 31.9. The van der Waals surface area contributed by atoms with Crippen molar-refractivity contribution in [3.05, 3.63) is 71.2 Å². The van der Waals surface area contributed by atoms with Crippen LogP contribution in [0.15, 0.2) is 42.7 Å². The predicted octanol–water partition coefficient (Wildman–Crippen LogP) is 6.42. The number of piperidine rings is 1. The molecule has 4 rings (SSSR count). The Hall–Kier alpha value is -3.59. The largest absolute Gasteiger partial charge is 0.481 e. The molecule has 7 nitrogen and oxygen atoms in total. The number of carboxylic acids is 1. The molecule has 3 heterocycles. The minimum atomic E-state index is -0.930. The number of aliphatic hydroxyl groups is 1. The van der Waals surface area contributed by atoms with E-state index in [-0.39, 0.29) is 23.5 Å². The summed E-state index contributed by atoms with van der Waals surface area (Å²) in [6.45, 7) is 13.5. The highest BCUT2D eigenvalue weighted by Gasteiger charge is 2.29. The summed E-state index contributed by atoms with van der Waals surface area (Å²) in [6, 6.07) is 7.62. The van der Waals surface area contributed by atoms with E-state index < -0.39 is 17.4 Å². The lowest BCUT2D eigenvalue weighted by Gasteiger charge is -2.40.